The zero-order valence-electron chi connectivity index (χ0n) is 11.5. The van der Waals surface area contributed by atoms with Crippen molar-refractivity contribution in [1.82, 2.24) is 4.90 Å². The number of hydrogen-bond acceptors (Lipinski definition) is 2. The Morgan fingerprint density at radius 2 is 2.16 bits per heavy atom. The normalized spacial score (nSPS) is 23.5. The van der Waals surface area contributed by atoms with E-state index in [2.05, 4.69) is 6.92 Å². The van der Waals surface area contributed by atoms with E-state index in [1.807, 2.05) is 24.0 Å². The van der Waals surface area contributed by atoms with E-state index in [0.717, 1.165) is 24.8 Å². The molecule has 0 bridgehead atoms. The van der Waals surface area contributed by atoms with Crippen LogP contribution in [0, 0.1) is 6.92 Å². The lowest BCUT2D eigenvalue weighted by Gasteiger charge is -2.40. The van der Waals surface area contributed by atoms with Gasteiger partial charge in [0.15, 0.2) is 0 Å². The number of piperidine rings is 1. The Morgan fingerprint density at radius 3 is 2.79 bits per heavy atom. The zero-order chi connectivity index (χ0) is 14.0. The number of rotatable bonds is 2. The molecule has 1 aliphatic rings. The third-order valence-electron chi connectivity index (χ3n) is 3.82. The maximum absolute atomic E-state index is 12.7. The second kappa shape index (κ2) is 5.93. The highest BCUT2D eigenvalue weighted by Crippen LogP contribution is 2.25. The summed E-state index contributed by atoms with van der Waals surface area (Å²) in [6, 6.07) is 5.89. The molecule has 19 heavy (non-hydrogen) atoms. The molecule has 1 heterocycles. The van der Waals surface area contributed by atoms with Gasteiger partial charge in [0.1, 0.15) is 0 Å². The Balaban J connectivity index is 2.30. The molecule has 2 unspecified atom stereocenters. The molecular formula is C15H21ClN2O. The lowest BCUT2D eigenvalue weighted by atomic mass is 9.95. The second-order valence-electron chi connectivity index (χ2n) is 5.40. The Morgan fingerprint density at radius 1 is 1.42 bits per heavy atom. The summed E-state index contributed by atoms with van der Waals surface area (Å²) >= 11 is 6.04. The molecule has 0 spiro atoms. The highest BCUT2D eigenvalue weighted by atomic mass is 35.5. The summed E-state index contributed by atoms with van der Waals surface area (Å²) in [6.45, 7) is 4.56. The highest BCUT2D eigenvalue weighted by molar-refractivity contribution is 6.31. The fourth-order valence-corrected chi connectivity index (χ4v) is 3.18. The minimum Gasteiger partial charge on any atom is -0.332 e. The topological polar surface area (TPSA) is 46.3 Å². The quantitative estimate of drug-likeness (QED) is 0.905. The van der Waals surface area contributed by atoms with Crippen molar-refractivity contribution in [3.05, 3.63) is 34.3 Å². The van der Waals surface area contributed by atoms with Gasteiger partial charge >= 0.3 is 0 Å². The Labute approximate surface area is 119 Å². The van der Waals surface area contributed by atoms with Crippen LogP contribution in [0.3, 0.4) is 0 Å². The van der Waals surface area contributed by atoms with E-state index in [1.165, 1.54) is 0 Å². The minimum absolute atomic E-state index is 0.0493. The Kier molecular flexibility index (Phi) is 4.48. The van der Waals surface area contributed by atoms with Gasteiger partial charge < -0.3 is 10.6 Å². The van der Waals surface area contributed by atoms with Gasteiger partial charge in [-0.15, -0.1) is 0 Å². The van der Waals surface area contributed by atoms with E-state index in [-0.39, 0.29) is 18.0 Å². The number of nitrogens with zero attached hydrogens (tertiary/aromatic N) is 1. The van der Waals surface area contributed by atoms with Gasteiger partial charge in [-0.2, -0.15) is 0 Å². The molecule has 0 aromatic heterocycles. The first-order chi connectivity index (χ1) is 9.02. The van der Waals surface area contributed by atoms with Crippen LogP contribution >= 0.6 is 11.6 Å². The van der Waals surface area contributed by atoms with Gasteiger partial charge in [0.25, 0.3) is 5.91 Å². The smallest absolute Gasteiger partial charge is 0.254 e. The number of carbonyl (C=O) groups is 1. The summed E-state index contributed by atoms with van der Waals surface area (Å²) in [4.78, 5) is 14.6. The van der Waals surface area contributed by atoms with Crippen molar-refractivity contribution < 1.29 is 4.79 Å². The molecule has 2 rings (SSSR count). The van der Waals surface area contributed by atoms with Crippen LogP contribution in [0.15, 0.2) is 18.2 Å². The molecule has 104 valence electrons. The summed E-state index contributed by atoms with van der Waals surface area (Å²) < 4.78 is 0. The van der Waals surface area contributed by atoms with Gasteiger partial charge in [0.05, 0.1) is 0 Å². The average molecular weight is 281 g/mol. The molecule has 4 heteroatoms. The molecule has 3 nitrogen and oxygen atoms in total. The first-order valence-corrected chi connectivity index (χ1v) is 7.20. The van der Waals surface area contributed by atoms with E-state index in [9.17, 15) is 4.79 Å². The summed E-state index contributed by atoms with van der Waals surface area (Å²) in [5.41, 5.74) is 7.48. The summed E-state index contributed by atoms with van der Waals surface area (Å²) in [7, 11) is 0. The molecule has 1 aromatic carbocycles. The van der Waals surface area contributed by atoms with Gasteiger partial charge in [-0.3, -0.25) is 4.79 Å². The second-order valence-corrected chi connectivity index (χ2v) is 5.84. The van der Waals surface area contributed by atoms with E-state index in [0.29, 0.717) is 17.1 Å². The van der Waals surface area contributed by atoms with E-state index >= 15 is 0 Å². The predicted molar refractivity (Wildman–Crippen MR) is 78.5 cm³/mol. The van der Waals surface area contributed by atoms with Crippen molar-refractivity contribution in [3.63, 3.8) is 0 Å². The number of likely N-dealkylation sites (tertiary alicyclic amines) is 1. The van der Waals surface area contributed by atoms with Crippen molar-refractivity contribution in [2.45, 2.75) is 45.2 Å². The Hall–Kier alpha value is -1.06. The van der Waals surface area contributed by atoms with Crippen molar-refractivity contribution in [2.75, 3.05) is 6.54 Å². The fraction of sp³-hybridized carbons (Fsp3) is 0.533. The van der Waals surface area contributed by atoms with E-state index in [1.54, 1.807) is 6.07 Å². The SMILES string of the molecule is Cc1cc(Cl)cc(C(=O)N2C(C)CCCC2CN)c1. The van der Waals surface area contributed by atoms with Crippen LogP contribution in [0.25, 0.3) is 0 Å². The van der Waals surface area contributed by atoms with E-state index < -0.39 is 0 Å². The van der Waals surface area contributed by atoms with Crippen LogP contribution in [0.1, 0.15) is 42.1 Å². The van der Waals surface area contributed by atoms with Gasteiger partial charge in [-0.25, -0.2) is 0 Å². The molecule has 0 saturated carbocycles. The van der Waals surface area contributed by atoms with Gasteiger partial charge in [0, 0.05) is 29.2 Å². The maximum atomic E-state index is 12.7. The lowest BCUT2D eigenvalue weighted by molar-refractivity contribution is 0.0494. The zero-order valence-corrected chi connectivity index (χ0v) is 12.3. The minimum atomic E-state index is 0.0493. The first kappa shape index (κ1) is 14.4. The monoisotopic (exact) mass is 280 g/mol. The van der Waals surface area contributed by atoms with E-state index in [4.69, 9.17) is 17.3 Å². The van der Waals surface area contributed by atoms with Gasteiger partial charge in [-0.05, 0) is 56.9 Å². The van der Waals surface area contributed by atoms with Crippen LogP contribution in [0.4, 0.5) is 0 Å². The lowest BCUT2D eigenvalue weighted by Crippen LogP contribution is -2.51. The predicted octanol–water partition coefficient (Wildman–Crippen LogP) is 2.99. The number of amides is 1. The van der Waals surface area contributed by atoms with Crippen LogP contribution in [0.2, 0.25) is 5.02 Å². The van der Waals surface area contributed by atoms with Gasteiger partial charge in [0.2, 0.25) is 0 Å². The number of aryl methyl sites for hydroxylation is 1. The van der Waals surface area contributed by atoms with Crippen molar-refractivity contribution in [2.24, 2.45) is 5.73 Å². The fourth-order valence-electron chi connectivity index (χ4n) is 2.89. The summed E-state index contributed by atoms with van der Waals surface area (Å²) in [6.07, 6.45) is 3.18. The number of halogens is 1. The average Bonchev–Trinajstić information content (AvgIpc) is 2.36. The number of benzene rings is 1. The third kappa shape index (κ3) is 3.10. The van der Waals surface area contributed by atoms with Crippen LogP contribution in [0.5, 0.6) is 0 Å². The molecule has 1 amide bonds. The van der Waals surface area contributed by atoms with Crippen molar-refractivity contribution in [1.29, 1.82) is 0 Å². The van der Waals surface area contributed by atoms with Crippen molar-refractivity contribution in [3.8, 4) is 0 Å². The molecular weight excluding hydrogens is 260 g/mol. The molecule has 0 aliphatic carbocycles. The third-order valence-corrected chi connectivity index (χ3v) is 4.04. The summed E-state index contributed by atoms with van der Waals surface area (Å²) in [5.74, 6) is 0.0493. The first-order valence-electron chi connectivity index (χ1n) is 6.83. The van der Waals surface area contributed by atoms with Crippen LogP contribution in [-0.2, 0) is 0 Å². The molecule has 1 aromatic rings. The largest absolute Gasteiger partial charge is 0.332 e. The molecule has 1 saturated heterocycles. The number of hydrogen-bond donors (Lipinski definition) is 1. The van der Waals surface area contributed by atoms with Crippen LogP contribution < -0.4 is 5.73 Å². The number of carbonyl (C=O) groups excluding carboxylic acids is 1. The maximum Gasteiger partial charge on any atom is 0.254 e. The van der Waals surface area contributed by atoms with Crippen molar-refractivity contribution >= 4 is 17.5 Å². The standard InChI is InChI=1S/C15H21ClN2O/c1-10-6-12(8-13(16)7-10)15(19)18-11(2)4-3-5-14(18)9-17/h6-8,11,14H,3-5,9,17H2,1-2H3. The van der Waals surface area contributed by atoms with Gasteiger partial charge in [-0.1, -0.05) is 11.6 Å². The molecule has 1 aliphatic heterocycles. The molecule has 2 N–H and O–H groups in total. The number of nitrogens with two attached hydrogens (primary N) is 1. The Bertz CT molecular complexity index is 455. The van der Waals surface area contributed by atoms with Crippen LogP contribution in [-0.4, -0.2) is 29.4 Å². The molecule has 0 radical (unpaired) electrons. The summed E-state index contributed by atoms with van der Waals surface area (Å²) in [5, 5.41) is 0.609. The molecule has 1 fully saturated rings. The highest BCUT2D eigenvalue weighted by Gasteiger charge is 2.31. The molecule has 2 atom stereocenters.